The van der Waals surface area contributed by atoms with Crippen molar-refractivity contribution < 1.29 is 0 Å². The molecule has 1 aliphatic carbocycles. The van der Waals surface area contributed by atoms with Gasteiger partial charge in [-0.3, -0.25) is 0 Å². The van der Waals surface area contributed by atoms with E-state index in [9.17, 15) is 0 Å². The molecule has 0 aromatic heterocycles. The Morgan fingerprint density at radius 1 is 1.20 bits per heavy atom. The predicted molar refractivity (Wildman–Crippen MR) is 88.7 cm³/mol. The third-order valence-corrected chi connectivity index (χ3v) is 5.15. The van der Waals surface area contributed by atoms with Gasteiger partial charge in [0.15, 0.2) is 0 Å². The van der Waals surface area contributed by atoms with Gasteiger partial charge in [0.05, 0.1) is 10.0 Å². The minimum Gasteiger partial charge on any atom is -0.316 e. The summed E-state index contributed by atoms with van der Waals surface area (Å²) in [7, 11) is 0. The van der Waals surface area contributed by atoms with Crippen LogP contribution in [0.5, 0.6) is 0 Å². The Morgan fingerprint density at radius 3 is 2.70 bits per heavy atom. The number of nitrogens with one attached hydrogen (secondary N) is 1. The van der Waals surface area contributed by atoms with Crippen molar-refractivity contribution >= 4 is 23.2 Å². The minimum atomic E-state index is 0.677. The fourth-order valence-electron chi connectivity index (χ4n) is 3.20. The lowest BCUT2D eigenvalue weighted by Gasteiger charge is -2.21. The highest BCUT2D eigenvalue weighted by Crippen LogP contribution is 2.36. The van der Waals surface area contributed by atoms with E-state index in [2.05, 4.69) is 25.2 Å². The number of rotatable bonds is 6. The largest absolute Gasteiger partial charge is 0.316 e. The first-order valence-corrected chi connectivity index (χ1v) is 8.47. The lowest BCUT2D eigenvalue weighted by Crippen LogP contribution is -2.29. The van der Waals surface area contributed by atoms with Crippen LogP contribution in [0.4, 0.5) is 0 Å². The topological polar surface area (TPSA) is 12.0 Å². The van der Waals surface area contributed by atoms with Crippen molar-refractivity contribution in [3.8, 4) is 0 Å². The van der Waals surface area contributed by atoms with Crippen LogP contribution in [0, 0.1) is 17.8 Å². The molecule has 1 fully saturated rings. The third kappa shape index (κ3) is 4.38. The van der Waals surface area contributed by atoms with E-state index in [1.54, 1.807) is 0 Å². The summed E-state index contributed by atoms with van der Waals surface area (Å²) in [6, 6.07) is 5.99. The van der Waals surface area contributed by atoms with Crippen LogP contribution in [0.2, 0.25) is 10.0 Å². The van der Waals surface area contributed by atoms with Gasteiger partial charge in [0.25, 0.3) is 0 Å². The van der Waals surface area contributed by atoms with E-state index in [0.29, 0.717) is 5.02 Å². The molecule has 0 heterocycles. The highest BCUT2D eigenvalue weighted by atomic mass is 35.5. The summed E-state index contributed by atoms with van der Waals surface area (Å²) in [6.07, 6.45) is 5.06. The highest BCUT2D eigenvalue weighted by molar-refractivity contribution is 6.42. The van der Waals surface area contributed by atoms with E-state index in [4.69, 9.17) is 23.2 Å². The molecule has 0 radical (unpaired) electrons. The van der Waals surface area contributed by atoms with E-state index < -0.39 is 0 Å². The van der Waals surface area contributed by atoms with Crippen LogP contribution < -0.4 is 5.32 Å². The Bertz CT molecular complexity index is 431. The van der Waals surface area contributed by atoms with Crippen LogP contribution >= 0.6 is 23.2 Å². The minimum absolute atomic E-state index is 0.677. The molecule has 1 nitrogen and oxygen atoms in total. The van der Waals surface area contributed by atoms with Crippen LogP contribution in [-0.2, 0) is 6.42 Å². The molecule has 2 rings (SSSR count). The zero-order valence-electron chi connectivity index (χ0n) is 12.5. The molecule has 0 bridgehead atoms. The molecule has 0 saturated heterocycles. The van der Waals surface area contributed by atoms with Gasteiger partial charge < -0.3 is 5.32 Å². The average molecular weight is 314 g/mol. The van der Waals surface area contributed by atoms with E-state index >= 15 is 0 Å². The fourth-order valence-corrected chi connectivity index (χ4v) is 3.59. The van der Waals surface area contributed by atoms with Gasteiger partial charge in [0, 0.05) is 0 Å². The van der Waals surface area contributed by atoms with Crippen molar-refractivity contribution in [1.82, 2.24) is 5.32 Å². The van der Waals surface area contributed by atoms with Crippen molar-refractivity contribution in [3.05, 3.63) is 33.8 Å². The summed E-state index contributed by atoms with van der Waals surface area (Å²) in [4.78, 5) is 0. The third-order valence-electron chi connectivity index (χ3n) is 4.29. The predicted octanol–water partition coefficient (Wildman–Crippen LogP) is 5.20. The molecule has 1 saturated carbocycles. The molecule has 1 N–H and O–H groups in total. The van der Waals surface area contributed by atoms with Gasteiger partial charge in [-0.1, -0.05) is 55.6 Å². The summed E-state index contributed by atoms with van der Waals surface area (Å²) in [6.45, 7) is 6.76. The maximum atomic E-state index is 6.32. The molecule has 0 spiro atoms. The number of hydrogen-bond acceptors (Lipinski definition) is 1. The van der Waals surface area contributed by atoms with Crippen LogP contribution in [0.3, 0.4) is 0 Å². The molecule has 112 valence electrons. The molecule has 0 amide bonds. The summed E-state index contributed by atoms with van der Waals surface area (Å²) < 4.78 is 0. The number of hydrogen-bond donors (Lipinski definition) is 1. The lowest BCUT2D eigenvalue weighted by molar-refractivity contribution is 0.357. The first-order chi connectivity index (χ1) is 9.58. The normalized spacial score (nSPS) is 22.6. The van der Waals surface area contributed by atoms with Crippen molar-refractivity contribution in [2.45, 2.75) is 39.5 Å². The maximum Gasteiger partial charge on any atom is 0.0624 e. The Hall–Kier alpha value is -0.240. The van der Waals surface area contributed by atoms with Crippen molar-refractivity contribution in [2.24, 2.45) is 17.8 Å². The Morgan fingerprint density at radius 2 is 1.95 bits per heavy atom. The Labute approximate surface area is 133 Å². The summed E-state index contributed by atoms with van der Waals surface area (Å²) in [5.74, 6) is 2.24. The second kappa shape index (κ2) is 7.68. The number of benzene rings is 1. The average Bonchev–Trinajstić information content (AvgIpc) is 2.82. The van der Waals surface area contributed by atoms with Gasteiger partial charge in [-0.25, -0.2) is 0 Å². The van der Waals surface area contributed by atoms with Crippen molar-refractivity contribution in [1.29, 1.82) is 0 Å². The quantitative estimate of drug-likeness (QED) is 0.761. The van der Waals surface area contributed by atoms with E-state index in [0.717, 1.165) is 42.3 Å². The van der Waals surface area contributed by atoms with Gasteiger partial charge in [0.1, 0.15) is 0 Å². The maximum absolute atomic E-state index is 6.32. The van der Waals surface area contributed by atoms with Gasteiger partial charge in [0.2, 0.25) is 0 Å². The van der Waals surface area contributed by atoms with E-state index in [1.807, 2.05) is 12.1 Å². The van der Waals surface area contributed by atoms with Crippen LogP contribution in [0.1, 0.15) is 38.7 Å². The lowest BCUT2D eigenvalue weighted by atomic mass is 9.89. The number of halogens is 2. The second-order valence-electron chi connectivity index (χ2n) is 6.42. The fraction of sp³-hybridized carbons (Fsp3) is 0.647. The molecular formula is C17H25Cl2N. The molecule has 3 heteroatoms. The first kappa shape index (κ1) is 16.1. The van der Waals surface area contributed by atoms with Gasteiger partial charge in [-0.2, -0.15) is 0 Å². The van der Waals surface area contributed by atoms with Gasteiger partial charge in [-0.15, -0.1) is 0 Å². The standard InChI is InChI=1S/C17H25Cl2N/c1-12(2)10-20-11-15-7-3-5-13(15)9-14-6-4-8-16(18)17(14)19/h4,6,8,12-13,15,20H,3,5,7,9-11H2,1-2H3. The van der Waals surface area contributed by atoms with Gasteiger partial charge in [-0.05, 0) is 61.7 Å². The molecule has 1 aromatic carbocycles. The molecule has 20 heavy (non-hydrogen) atoms. The zero-order chi connectivity index (χ0) is 14.5. The van der Waals surface area contributed by atoms with Crippen LogP contribution in [0.25, 0.3) is 0 Å². The van der Waals surface area contributed by atoms with Gasteiger partial charge >= 0.3 is 0 Å². The molecule has 2 atom stereocenters. The first-order valence-electron chi connectivity index (χ1n) is 7.71. The Kier molecular flexibility index (Phi) is 6.20. The van der Waals surface area contributed by atoms with Crippen LogP contribution in [-0.4, -0.2) is 13.1 Å². The summed E-state index contributed by atoms with van der Waals surface area (Å²) >= 11 is 12.4. The van der Waals surface area contributed by atoms with E-state index in [-0.39, 0.29) is 0 Å². The smallest absolute Gasteiger partial charge is 0.0624 e. The second-order valence-corrected chi connectivity index (χ2v) is 7.21. The SMILES string of the molecule is CC(C)CNCC1CCCC1Cc1cccc(Cl)c1Cl. The van der Waals surface area contributed by atoms with Crippen molar-refractivity contribution in [2.75, 3.05) is 13.1 Å². The molecule has 0 aliphatic heterocycles. The molecular weight excluding hydrogens is 289 g/mol. The zero-order valence-corrected chi connectivity index (χ0v) is 14.0. The summed E-state index contributed by atoms with van der Waals surface area (Å²) in [5.41, 5.74) is 1.21. The van der Waals surface area contributed by atoms with Crippen molar-refractivity contribution in [3.63, 3.8) is 0 Å². The highest BCUT2D eigenvalue weighted by Gasteiger charge is 2.27. The Balaban J connectivity index is 1.92. The molecule has 1 aromatic rings. The van der Waals surface area contributed by atoms with Crippen LogP contribution in [0.15, 0.2) is 18.2 Å². The summed E-state index contributed by atoms with van der Waals surface area (Å²) in [5, 5.41) is 5.03. The molecule has 1 aliphatic rings. The monoisotopic (exact) mass is 313 g/mol. The molecule has 2 unspecified atom stereocenters. The van der Waals surface area contributed by atoms with E-state index in [1.165, 1.54) is 24.8 Å².